The van der Waals surface area contributed by atoms with Crippen molar-refractivity contribution >= 4 is 17.4 Å². The zero-order valence-corrected chi connectivity index (χ0v) is 12.3. The maximum atomic E-state index is 13.8. The van der Waals surface area contributed by atoms with Crippen molar-refractivity contribution in [2.75, 3.05) is 5.73 Å². The molecule has 3 nitrogen and oxygen atoms in total. The summed E-state index contributed by atoms with van der Waals surface area (Å²) in [6.07, 6.45) is 0.603. The third kappa shape index (κ3) is 2.93. The normalized spacial score (nSPS) is 11.9. The third-order valence-electron chi connectivity index (χ3n) is 2.76. The number of benzene rings is 1. The topological polar surface area (TPSA) is 43.8 Å². The van der Waals surface area contributed by atoms with Gasteiger partial charge in [0.05, 0.1) is 5.69 Å². The van der Waals surface area contributed by atoms with E-state index in [9.17, 15) is 8.78 Å². The second kappa shape index (κ2) is 5.05. The van der Waals surface area contributed by atoms with E-state index in [1.54, 1.807) is 0 Å². The zero-order chi connectivity index (χ0) is 15.1. The maximum absolute atomic E-state index is 13.8. The Kier molecular flexibility index (Phi) is 3.73. The number of nitrogen functional groups attached to an aromatic ring is 1. The molecule has 0 aliphatic carbocycles. The number of hydrogen-bond donors (Lipinski definition) is 1. The molecule has 0 aliphatic rings. The van der Waals surface area contributed by atoms with Gasteiger partial charge in [-0.15, -0.1) is 0 Å². The second-order valence-corrected chi connectivity index (χ2v) is 6.27. The molecule has 0 radical (unpaired) electrons. The van der Waals surface area contributed by atoms with E-state index in [0.717, 1.165) is 12.1 Å². The molecule has 2 aromatic rings. The Labute approximate surface area is 121 Å². The van der Waals surface area contributed by atoms with Crippen LogP contribution in [-0.4, -0.2) is 9.78 Å². The van der Waals surface area contributed by atoms with Crippen LogP contribution in [0, 0.1) is 17.0 Å². The van der Waals surface area contributed by atoms with E-state index in [1.165, 1.54) is 10.7 Å². The highest BCUT2D eigenvalue weighted by atomic mass is 35.5. The molecule has 0 atom stereocenters. The maximum Gasteiger partial charge on any atom is 0.151 e. The van der Waals surface area contributed by atoms with Gasteiger partial charge in [-0.25, -0.2) is 13.5 Å². The molecular formula is C14H16ClF2N3. The fourth-order valence-corrected chi connectivity index (χ4v) is 2.10. The van der Waals surface area contributed by atoms with E-state index in [0.29, 0.717) is 17.1 Å². The van der Waals surface area contributed by atoms with Crippen LogP contribution >= 0.6 is 11.6 Å². The monoisotopic (exact) mass is 299 g/mol. The third-order valence-corrected chi connectivity index (χ3v) is 3.17. The molecule has 6 heteroatoms. The van der Waals surface area contributed by atoms with Gasteiger partial charge >= 0.3 is 0 Å². The fraction of sp³-hybridized carbons (Fsp3) is 0.357. The van der Waals surface area contributed by atoms with Crippen LogP contribution in [0.2, 0.25) is 5.02 Å². The first-order valence-electron chi connectivity index (χ1n) is 6.17. The van der Waals surface area contributed by atoms with E-state index in [1.807, 2.05) is 20.8 Å². The van der Waals surface area contributed by atoms with Gasteiger partial charge in [0.2, 0.25) is 0 Å². The number of halogens is 3. The quantitative estimate of drug-likeness (QED) is 0.911. The highest BCUT2D eigenvalue weighted by Crippen LogP contribution is 2.31. The summed E-state index contributed by atoms with van der Waals surface area (Å²) in [4.78, 5) is 0. The molecule has 0 unspecified atom stereocenters. The Bertz CT molecular complexity index is 645. The van der Waals surface area contributed by atoms with Crippen LogP contribution in [-0.2, 0) is 6.42 Å². The second-order valence-electron chi connectivity index (χ2n) is 5.89. The lowest BCUT2D eigenvalue weighted by molar-refractivity contribution is 0.405. The van der Waals surface area contributed by atoms with E-state index >= 15 is 0 Å². The summed E-state index contributed by atoms with van der Waals surface area (Å²) >= 11 is 6.15. The lowest BCUT2D eigenvalue weighted by Crippen LogP contribution is -2.10. The predicted molar refractivity (Wildman–Crippen MR) is 76.1 cm³/mol. The molecule has 0 saturated heterocycles. The molecule has 0 fully saturated rings. The fourth-order valence-electron chi connectivity index (χ4n) is 1.91. The molecule has 2 N–H and O–H groups in total. The van der Waals surface area contributed by atoms with Crippen molar-refractivity contribution in [2.45, 2.75) is 27.2 Å². The molecule has 2 rings (SSSR count). The molecular weight excluding hydrogens is 284 g/mol. The van der Waals surface area contributed by atoms with Crippen LogP contribution in [0.1, 0.15) is 26.5 Å². The summed E-state index contributed by atoms with van der Waals surface area (Å²) in [5.74, 6) is -1.24. The van der Waals surface area contributed by atoms with Crippen LogP contribution in [0.3, 0.4) is 0 Å². The molecule has 0 saturated carbocycles. The summed E-state index contributed by atoms with van der Waals surface area (Å²) in [6.45, 7) is 6.12. The molecule has 1 heterocycles. The number of hydrogen-bond acceptors (Lipinski definition) is 2. The van der Waals surface area contributed by atoms with E-state index < -0.39 is 11.6 Å². The molecule has 1 aromatic carbocycles. The van der Waals surface area contributed by atoms with Crippen molar-refractivity contribution in [3.63, 3.8) is 0 Å². The standard InChI is InChI=1S/C14H16ClF2N3/c1-14(2,3)7-10-12(15)13(18)20(19-10)11-5-4-8(16)6-9(11)17/h4-6H,7,18H2,1-3H3. The van der Waals surface area contributed by atoms with Crippen LogP contribution in [0.4, 0.5) is 14.6 Å². The number of aromatic nitrogens is 2. The predicted octanol–water partition coefficient (Wildman–Crippen LogP) is 3.97. The molecule has 108 valence electrons. The summed E-state index contributed by atoms with van der Waals surface area (Å²) in [6, 6.07) is 3.22. The lowest BCUT2D eigenvalue weighted by atomic mass is 9.91. The Hall–Kier alpha value is -1.62. The SMILES string of the molecule is CC(C)(C)Cc1nn(-c2ccc(F)cc2F)c(N)c1Cl. The molecule has 0 bridgehead atoms. The van der Waals surface area contributed by atoms with Crippen molar-refractivity contribution < 1.29 is 8.78 Å². The van der Waals surface area contributed by atoms with Crippen LogP contribution < -0.4 is 5.73 Å². The molecule has 0 amide bonds. The van der Waals surface area contributed by atoms with Gasteiger partial charge in [0.15, 0.2) is 5.82 Å². The van der Waals surface area contributed by atoms with Crippen molar-refractivity contribution in [1.29, 1.82) is 0 Å². The summed E-state index contributed by atoms with van der Waals surface area (Å²) in [7, 11) is 0. The zero-order valence-electron chi connectivity index (χ0n) is 11.5. The first-order valence-corrected chi connectivity index (χ1v) is 6.55. The molecule has 20 heavy (non-hydrogen) atoms. The minimum atomic E-state index is -0.738. The van der Waals surface area contributed by atoms with Gasteiger partial charge in [0.25, 0.3) is 0 Å². The van der Waals surface area contributed by atoms with E-state index in [4.69, 9.17) is 17.3 Å². The van der Waals surface area contributed by atoms with Gasteiger partial charge in [-0.3, -0.25) is 0 Å². The van der Waals surface area contributed by atoms with E-state index in [2.05, 4.69) is 5.10 Å². The number of rotatable bonds is 2. The Morgan fingerprint density at radius 3 is 2.50 bits per heavy atom. The minimum absolute atomic E-state index is 0.0311. The average molecular weight is 300 g/mol. The van der Waals surface area contributed by atoms with Crippen molar-refractivity contribution in [3.8, 4) is 5.69 Å². The van der Waals surface area contributed by atoms with E-state index in [-0.39, 0.29) is 16.9 Å². The minimum Gasteiger partial charge on any atom is -0.382 e. The van der Waals surface area contributed by atoms with Gasteiger partial charge < -0.3 is 5.73 Å². The summed E-state index contributed by atoms with van der Waals surface area (Å²) in [5.41, 5.74) is 6.51. The Morgan fingerprint density at radius 2 is 1.95 bits per heavy atom. The highest BCUT2D eigenvalue weighted by molar-refractivity contribution is 6.33. The highest BCUT2D eigenvalue weighted by Gasteiger charge is 2.21. The average Bonchev–Trinajstić information content (AvgIpc) is 2.56. The van der Waals surface area contributed by atoms with Gasteiger partial charge in [0.1, 0.15) is 22.3 Å². The van der Waals surface area contributed by atoms with Crippen molar-refractivity contribution in [1.82, 2.24) is 9.78 Å². The molecule has 1 aromatic heterocycles. The van der Waals surface area contributed by atoms with Crippen molar-refractivity contribution in [3.05, 3.63) is 40.6 Å². The van der Waals surface area contributed by atoms with Gasteiger partial charge in [-0.1, -0.05) is 32.4 Å². The van der Waals surface area contributed by atoms with Gasteiger partial charge in [0, 0.05) is 6.07 Å². The van der Waals surface area contributed by atoms with Gasteiger partial charge in [-0.2, -0.15) is 5.10 Å². The smallest absolute Gasteiger partial charge is 0.151 e. The first kappa shape index (κ1) is 14.8. The van der Waals surface area contributed by atoms with Crippen LogP contribution in [0.15, 0.2) is 18.2 Å². The number of anilines is 1. The number of nitrogens with two attached hydrogens (primary N) is 1. The van der Waals surface area contributed by atoms with Crippen molar-refractivity contribution in [2.24, 2.45) is 5.41 Å². The van der Waals surface area contributed by atoms with Crippen LogP contribution in [0.25, 0.3) is 5.69 Å². The Morgan fingerprint density at radius 1 is 1.30 bits per heavy atom. The largest absolute Gasteiger partial charge is 0.382 e. The van der Waals surface area contributed by atoms with Crippen LogP contribution in [0.5, 0.6) is 0 Å². The molecule has 0 spiro atoms. The first-order chi connectivity index (χ1) is 9.19. The lowest BCUT2D eigenvalue weighted by Gasteiger charge is -2.16. The van der Waals surface area contributed by atoms with Gasteiger partial charge in [-0.05, 0) is 24.0 Å². The summed E-state index contributed by atoms with van der Waals surface area (Å²) in [5, 5.41) is 4.56. The number of nitrogens with zero attached hydrogens (tertiary/aromatic N) is 2. The summed E-state index contributed by atoms with van der Waals surface area (Å²) < 4.78 is 27.9. The molecule has 0 aliphatic heterocycles. The Balaban J connectivity index is 2.50.